The lowest BCUT2D eigenvalue weighted by molar-refractivity contribution is -0.137. The lowest BCUT2D eigenvalue weighted by atomic mass is 10.6. The van der Waals surface area contributed by atoms with E-state index in [1.54, 1.807) is 0 Å². The van der Waals surface area contributed by atoms with Gasteiger partial charge in [0.15, 0.2) is 0 Å². The van der Waals surface area contributed by atoms with Crippen LogP contribution in [0.3, 0.4) is 0 Å². The highest BCUT2D eigenvalue weighted by molar-refractivity contribution is 5.75. The molecule has 0 radical (unpaired) electrons. The second-order valence-corrected chi connectivity index (χ2v) is 1.53. The van der Waals surface area contributed by atoms with Gasteiger partial charge in [0.1, 0.15) is 6.54 Å². The molecule has 0 aromatic rings. The van der Waals surface area contributed by atoms with Crippen LogP contribution in [-0.2, 0) is 4.79 Å². The first kappa shape index (κ1) is 7.74. The van der Waals surface area contributed by atoms with Crippen molar-refractivity contribution in [3.63, 3.8) is 0 Å². The van der Waals surface area contributed by atoms with Gasteiger partial charge in [-0.25, -0.2) is 4.79 Å². The summed E-state index contributed by atoms with van der Waals surface area (Å²) in [5, 5.41) is 16.1. The van der Waals surface area contributed by atoms with Gasteiger partial charge in [-0.15, -0.1) is 0 Å². The zero-order valence-corrected chi connectivity index (χ0v) is 4.87. The molecular weight excluding hydrogens is 126 g/mol. The summed E-state index contributed by atoms with van der Waals surface area (Å²) in [4.78, 5) is 20.4. The number of likely N-dealkylation sites (N-methyl/N-ethyl adjacent to an activating group) is 1. The number of carboxylic acids is 1. The van der Waals surface area contributed by atoms with E-state index in [9.17, 15) is 9.59 Å². The zero-order chi connectivity index (χ0) is 7.44. The van der Waals surface area contributed by atoms with Crippen molar-refractivity contribution >= 4 is 12.1 Å². The van der Waals surface area contributed by atoms with Crippen LogP contribution in [0.15, 0.2) is 0 Å². The largest absolute Gasteiger partial charge is 0.480 e. The molecule has 5 nitrogen and oxygen atoms in total. The van der Waals surface area contributed by atoms with Crippen LogP contribution in [-0.4, -0.2) is 40.8 Å². The highest BCUT2D eigenvalue weighted by Gasteiger charge is 2.07. The fourth-order valence-electron chi connectivity index (χ4n) is 0.271. The molecule has 2 N–H and O–H groups in total. The van der Waals surface area contributed by atoms with Gasteiger partial charge >= 0.3 is 12.1 Å². The molecule has 0 aromatic heterocycles. The number of amides is 1. The molecule has 0 atom stereocenters. The molecule has 0 fully saturated rings. The molecule has 0 unspecified atom stereocenters. The topological polar surface area (TPSA) is 77.8 Å². The van der Waals surface area contributed by atoms with Gasteiger partial charge in [0.05, 0.1) is 0 Å². The molecular formula is C4H7NO4. The molecule has 0 aliphatic carbocycles. The minimum Gasteiger partial charge on any atom is -0.480 e. The summed E-state index contributed by atoms with van der Waals surface area (Å²) in [5.74, 6) is -1.15. The Kier molecular flexibility index (Phi) is 2.50. The Labute approximate surface area is 51.5 Å². The minimum atomic E-state index is -1.24. The third-order valence-corrected chi connectivity index (χ3v) is 0.699. The third kappa shape index (κ3) is 3.33. The first-order valence-corrected chi connectivity index (χ1v) is 2.20. The van der Waals surface area contributed by atoms with E-state index in [1.165, 1.54) is 7.05 Å². The van der Waals surface area contributed by atoms with Crippen molar-refractivity contribution in [2.24, 2.45) is 0 Å². The lowest BCUT2D eigenvalue weighted by Gasteiger charge is -2.07. The van der Waals surface area contributed by atoms with Crippen LogP contribution in [0.1, 0.15) is 0 Å². The summed E-state index contributed by atoms with van der Waals surface area (Å²) in [6, 6.07) is 0. The first-order valence-electron chi connectivity index (χ1n) is 2.20. The van der Waals surface area contributed by atoms with Crippen molar-refractivity contribution in [1.82, 2.24) is 4.90 Å². The van der Waals surface area contributed by atoms with Gasteiger partial charge in [-0.05, 0) is 0 Å². The molecule has 0 bridgehead atoms. The van der Waals surface area contributed by atoms with Gasteiger partial charge in [-0.2, -0.15) is 0 Å². The SMILES string of the molecule is CN(CC(=O)O)C(=O)O. The van der Waals surface area contributed by atoms with Crippen molar-refractivity contribution in [3.05, 3.63) is 0 Å². The van der Waals surface area contributed by atoms with E-state index in [2.05, 4.69) is 0 Å². The Morgan fingerprint density at radius 3 is 2.00 bits per heavy atom. The third-order valence-electron chi connectivity index (χ3n) is 0.699. The molecule has 5 heteroatoms. The van der Waals surface area contributed by atoms with E-state index >= 15 is 0 Å². The fourth-order valence-corrected chi connectivity index (χ4v) is 0.271. The number of hydrogen-bond donors (Lipinski definition) is 2. The summed E-state index contributed by atoms with van der Waals surface area (Å²) >= 11 is 0. The monoisotopic (exact) mass is 133 g/mol. The van der Waals surface area contributed by atoms with Crippen LogP contribution < -0.4 is 0 Å². The van der Waals surface area contributed by atoms with Crippen molar-refractivity contribution in [1.29, 1.82) is 0 Å². The molecule has 0 aliphatic heterocycles. The predicted octanol–water partition coefficient (Wildman–Crippen LogP) is -0.319. The van der Waals surface area contributed by atoms with Crippen LogP contribution in [0.25, 0.3) is 0 Å². The number of carbonyl (C=O) groups is 2. The van der Waals surface area contributed by atoms with Crippen LogP contribution >= 0.6 is 0 Å². The van der Waals surface area contributed by atoms with Gasteiger partial charge < -0.3 is 15.1 Å². The quantitative estimate of drug-likeness (QED) is 0.541. The number of carboxylic acid groups (broad SMARTS) is 2. The molecule has 9 heavy (non-hydrogen) atoms. The number of nitrogens with zero attached hydrogens (tertiary/aromatic N) is 1. The van der Waals surface area contributed by atoms with Crippen LogP contribution in [0, 0.1) is 0 Å². The fraction of sp³-hybridized carbons (Fsp3) is 0.500. The van der Waals surface area contributed by atoms with E-state index < -0.39 is 18.6 Å². The molecule has 0 aliphatic rings. The molecule has 1 amide bonds. The van der Waals surface area contributed by atoms with Gasteiger partial charge in [-0.1, -0.05) is 0 Å². The van der Waals surface area contributed by atoms with E-state index in [1.807, 2.05) is 0 Å². The predicted molar refractivity (Wildman–Crippen MR) is 28.3 cm³/mol. The minimum absolute atomic E-state index is 0.477. The Balaban J connectivity index is 3.63. The van der Waals surface area contributed by atoms with E-state index in [0.717, 1.165) is 0 Å². The molecule has 0 aromatic carbocycles. The Morgan fingerprint density at radius 1 is 1.44 bits per heavy atom. The summed E-state index contributed by atoms with van der Waals surface area (Å²) in [5.41, 5.74) is 0. The van der Waals surface area contributed by atoms with Crippen molar-refractivity contribution in [2.45, 2.75) is 0 Å². The molecule has 52 valence electrons. The smallest absolute Gasteiger partial charge is 0.407 e. The van der Waals surface area contributed by atoms with E-state index in [0.29, 0.717) is 4.90 Å². The van der Waals surface area contributed by atoms with Gasteiger partial charge in [0.2, 0.25) is 0 Å². The summed E-state index contributed by atoms with van der Waals surface area (Å²) in [6.07, 6.45) is -1.24. The zero-order valence-electron chi connectivity index (χ0n) is 4.87. The average Bonchev–Trinajstić information content (AvgIpc) is 1.63. The van der Waals surface area contributed by atoms with Gasteiger partial charge in [0.25, 0.3) is 0 Å². The molecule has 0 saturated carbocycles. The Hall–Kier alpha value is -1.26. The highest BCUT2D eigenvalue weighted by Crippen LogP contribution is 1.80. The maximum absolute atomic E-state index is 9.90. The maximum atomic E-state index is 9.90. The second kappa shape index (κ2) is 2.91. The summed E-state index contributed by atoms with van der Waals surface area (Å²) in [6.45, 7) is -0.477. The van der Waals surface area contributed by atoms with E-state index in [-0.39, 0.29) is 0 Å². The highest BCUT2D eigenvalue weighted by atomic mass is 16.4. The second-order valence-electron chi connectivity index (χ2n) is 1.53. The number of rotatable bonds is 2. The summed E-state index contributed by atoms with van der Waals surface area (Å²) < 4.78 is 0. The normalized spacial score (nSPS) is 8.56. The van der Waals surface area contributed by atoms with E-state index in [4.69, 9.17) is 10.2 Å². The Morgan fingerprint density at radius 2 is 1.89 bits per heavy atom. The van der Waals surface area contributed by atoms with Crippen LogP contribution in [0.4, 0.5) is 4.79 Å². The average molecular weight is 133 g/mol. The maximum Gasteiger partial charge on any atom is 0.407 e. The molecule has 0 heterocycles. The van der Waals surface area contributed by atoms with Crippen LogP contribution in [0.5, 0.6) is 0 Å². The lowest BCUT2D eigenvalue weighted by Crippen LogP contribution is -2.30. The molecule has 0 rings (SSSR count). The Bertz CT molecular complexity index is 133. The number of hydrogen-bond acceptors (Lipinski definition) is 2. The number of aliphatic carboxylic acids is 1. The van der Waals surface area contributed by atoms with Crippen molar-refractivity contribution in [3.8, 4) is 0 Å². The first-order chi connectivity index (χ1) is 4.04. The summed E-state index contributed by atoms with van der Waals surface area (Å²) in [7, 11) is 1.19. The van der Waals surface area contributed by atoms with Crippen molar-refractivity contribution in [2.75, 3.05) is 13.6 Å². The standard InChI is InChI=1S/C4H7NO4/c1-5(4(8)9)2-3(6)7/h2H2,1H3,(H,6,7)(H,8,9). The molecule has 0 saturated heterocycles. The van der Waals surface area contributed by atoms with Crippen molar-refractivity contribution < 1.29 is 19.8 Å². The van der Waals surface area contributed by atoms with Gasteiger partial charge in [0, 0.05) is 7.05 Å². The molecule has 0 spiro atoms. The van der Waals surface area contributed by atoms with Gasteiger partial charge in [-0.3, -0.25) is 4.79 Å². The van der Waals surface area contributed by atoms with Crippen LogP contribution in [0.2, 0.25) is 0 Å².